The second-order valence-corrected chi connectivity index (χ2v) is 7.50. The summed E-state index contributed by atoms with van der Waals surface area (Å²) in [6.45, 7) is 3.07. The third-order valence-corrected chi connectivity index (χ3v) is 5.09. The van der Waals surface area contributed by atoms with Crippen LogP contribution in [-0.4, -0.2) is 38.1 Å². The van der Waals surface area contributed by atoms with Crippen LogP contribution in [0.1, 0.15) is 24.0 Å². The number of rotatable bonds is 6. The Bertz CT molecular complexity index is 1010. The Hall–Kier alpha value is -3.80. The van der Waals surface area contributed by atoms with Gasteiger partial charge in [-0.3, -0.25) is 9.98 Å². The zero-order valence-corrected chi connectivity index (χ0v) is 17.7. The van der Waals surface area contributed by atoms with E-state index in [1.807, 2.05) is 72.8 Å². The first-order chi connectivity index (χ1) is 15.8. The van der Waals surface area contributed by atoms with Gasteiger partial charge in [0.25, 0.3) is 0 Å². The SMILES string of the molecule is c1cc(Oc2ccc(C3=NCCCO3)cc2)ccc1Oc1ccc(C2=NCCCO2)cc1. The number of hydrogen-bond donors (Lipinski definition) is 0. The fraction of sp³-hybridized carbons (Fsp3) is 0.231. The van der Waals surface area contributed by atoms with Crippen LogP contribution in [0.4, 0.5) is 0 Å². The monoisotopic (exact) mass is 428 g/mol. The fourth-order valence-corrected chi connectivity index (χ4v) is 3.45. The van der Waals surface area contributed by atoms with Crippen molar-refractivity contribution in [2.75, 3.05) is 26.3 Å². The van der Waals surface area contributed by atoms with Gasteiger partial charge in [-0.2, -0.15) is 0 Å². The molecule has 0 saturated carbocycles. The highest BCUT2D eigenvalue weighted by Gasteiger charge is 2.10. The molecule has 3 aromatic rings. The van der Waals surface area contributed by atoms with E-state index in [0.717, 1.165) is 73.3 Å². The molecule has 0 saturated heterocycles. The minimum absolute atomic E-state index is 0.705. The molecule has 0 aromatic heterocycles. The molecule has 0 unspecified atom stereocenters. The van der Waals surface area contributed by atoms with Crippen LogP contribution in [0, 0.1) is 0 Å². The molecular formula is C26H24N2O4. The molecule has 0 bridgehead atoms. The van der Waals surface area contributed by atoms with Gasteiger partial charge < -0.3 is 18.9 Å². The van der Waals surface area contributed by atoms with E-state index in [0.29, 0.717) is 11.8 Å². The lowest BCUT2D eigenvalue weighted by Crippen LogP contribution is -2.14. The first-order valence-electron chi connectivity index (χ1n) is 10.8. The van der Waals surface area contributed by atoms with Gasteiger partial charge in [0.2, 0.25) is 11.8 Å². The third kappa shape index (κ3) is 4.91. The fourth-order valence-electron chi connectivity index (χ4n) is 3.45. The molecule has 3 aromatic carbocycles. The van der Waals surface area contributed by atoms with Gasteiger partial charge in [0.1, 0.15) is 23.0 Å². The first-order valence-corrected chi connectivity index (χ1v) is 10.8. The Balaban J connectivity index is 1.19. The van der Waals surface area contributed by atoms with Gasteiger partial charge in [0.15, 0.2) is 0 Å². The summed E-state index contributed by atoms with van der Waals surface area (Å²) in [6.07, 6.45) is 1.95. The topological polar surface area (TPSA) is 61.6 Å². The summed E-state index contributed by atoms with van der Waals surface area (Å²) in [5, 5.41) is 0. The maximum Gasteiger partial charge on any atom is 0.216 e. The quantitative estimate of drug-likeness (QED) is 0.512. The molecule has 0 radical (unpaired) electrons. The van der Waals surface area contributed by atoms with E-state index in [-0.39, 0.29) is 0 Å². The van der Waals surface area contributed by atoms with Crippen molar-refractivity contribution in [3.63, 3.8) is 0 Å². The minimum atomic E-state index is 0.705. The minimum Gasteiger partial charge on any atom is -0.477 e. The van der Waals surface area contributed by atoms with Gasteiger partial charge in [-0.15, -0.1) is 0 Å². The number of nitrogens with zero attached hydrogens (tertiary/aromatic N) is 2. The largest absolute Gasteiger partial charge is 0.477 e. The summed E-state index contributed by atoms with van der Waals surface area (Å²) >= 11 is 0. The second kappa shape index (κ2) is 9.56. The van der Waals surface area contributed by atoms with E-state index in [2.05, 4.69) is 9.98 Å². The molecule has 0 amide bonds. The summed E-state index contributed by atoms with van der Waals surface area (Å²) in [5.41, 5.74) is 1.93. The molecule has 6 nitrogen and oxygen atoms in total. The Morgan fingerprint density at radius 1 is 0.500 bits per heavy atom. The predicted octanol–water partition coefficient (Wildman–Crippen LogP) is 5.61. The summed E-state index contributed by atoms with van der Waals surface area (Å²) in [4.78, 5) is 8.83. The van der Waals surface area contributed by atoms with E-state index in [1.165, 1.54) is 0 Å². The van der Waals surface area contributed by atoms with Crippen molar-refractivity contribution in [3.05, 3.63) is 83.9 Å². The van der Waals surface area contributed by atoms with E-state index >= 15 is 0 Å². The Labute approximate surface area is 187 Å². The molecule has 2 aliphatic rings. The van der Waals surface area contributed by atoms with Crippen LogP contribution >= 0.6 is 0 Å². The van der Waals surface area contributed by atoms with Crippen LogP contribution in [0.25, 0.3) is 0 Å². The van der Waals surface area contributed by atoms with E-state index in [4.69, 9.17) is 18.9 Å². The highest BCUT2D eigenvalue weighted by atomic mass is 16.5. The van der Waals surface area contributed by atoms with Crippen molar-refractivity contribution in [1.29, 1.82) is 0 Å². The molecule has 2 aliphatic heterocycles. The highest BCUT2D eigenvalue weighted by molar-refractivity contribution is 5.95. The molecule has 0 N–H and O–H groups in total. The van der Waals surface area contributed by atoms with Gasteiger partial charge in [-0.1, -0.05) is 0 Å². The molecule has 5 rings (SSSR count). The predicted molar refractivity (Wildman–Crippen MR) is 123 cm³/mol. The van der Waals surface area contributed by atoms with Crippen molar-refractivity contribution in [1.82, 2.24) is 0 Å². The smallest absolute Gasteiger partial charge is 0.216 e. The molecule has 0 atom stereocenters. The zero-order valence-electron chi connectivity index (χ0n) is 17.7. The molecule has 0 aliphatic carbocycles. The van der Waals surface area contributed by atoms with Gasteiger partial charge in [0.05, 0.1) is 13.2 Å². The van der Waals surface area contributed by atoms with Crippen LogP contribution in [0.3, 0.4) is 0 Å². The lowest BCUT2D eigenvalue weighted by Gasteiger charge is -2.14. The summed E-state index contributed by atoms with van der Waals surface area (Å²) < 4.78 is 23.1. The van der Waals surface area contributed by atoms with Crippen LogP contribution in [-0.2, 0) is 9.47 Å². The number of hydrogen-bond acceptors (Lipinski definition) is 6. The molecule has 32 heavy (non-hydrogen) atoms. The normalized spacial score (nSPS) is 15.6. The standard InChI is InChI=1S/C26H24N2O4/c1-15-27-25(29-17-1)19-3-7-21(8-4-19)31-23-11-13-24(14-12-23)32-22-9-5-20(6-10-22)26-28-16-2-18-30-26/h3-14H,1-2,15-18H2. The Morgan fingerprint density at radius 2 is 0.844 bits per heavy atom. The van der Waals surface area contributed by atoms with Crippen molar-refractivity contribution in [2.24, 2.45) is 9.98 Å². The average Bonchev–Trinajstić information content (AvgIpc) is 2.87. The van der Waals surface area contributed by atoms with E-state index < -0.39 is 0 Å². The van der Waals surface area contributed by atoms with Crippen LogP contribution in [0.15, 0.2) is 82.8 Å². The molecule has 162 valence electrons. The summed E-state index contributed by atoms with van der Waals surface area (Å²) in [7, 11) is 0. The van der Waals surface area contributed by atoms with Crippen LogP contribution in [0.5, 0.6) is 23.0 Å². The zero-order chi connectivity index (χ0) is 21.6. The van der Waals surface area contributed by atoms with Crippen molar-refractivity contribution < 1.29 is 18.9 Å². The van der Waals surface area contributed by atoms with Crippen molar-refractivity contribution in [2.45, 2.75) is 12.8 Å². The summed E-state index contributed by atoms with van der Waals surface area (Å²) in [5.74, 6) is 4.39. The molecule has 6 heteroatoms. The van der Waals surface area contributed by atoms with E-state index in [1.54, 1.807) is 0 Å². The molecule has 0 spiro atoms. The maximum absolute atomic E-state index is 5.95. The lowest BCUT2D eigenvalue weighted by molar-refractivity contribution is 0.284. The average molecular weight is 428 g/mol. The third-order valence-electron chi connectivity index (χ3n) is 5.09. The van der Waals surface area contributed by atoms with Crippen molar-refractivity contribution in [3.8, 4) is 23.0 Å². The summed E-state index contributed by atoms with van der Waals surface area (Å²) in [6, 6.07) is 23.1. The molecular weight excluding hydrogens is 404 g/mol. The van der Waals surface area contributed by atoms with Gasteiger partial charge >= 0.3 is 0 Å². The first kappa shape index (κ1) is 20.1. The van der Waals surface area contributed by atoms with E-state index in [9.17, 15) is 0 Å². The van der Waals surface area contributed by atoms with Gasteiger partial charge in [0, 0.05) is 37.1 Å². The number of aliphatic imine (C=N–C) groups is 2. The van der Waals surface area contributed by atoms with Gasteiger partial charge in [-0.05, 0) is 72.8 Å². The maximum atomic E-state index is 5.95. The lowest BCUT2D eigenvalue weighted by atomic mass is 10.2. The molecule has 0 fully saturated rings. The van der Waals surface area contributed by atoms with Crippen LogP contribution in [0.2, 0.25) is 0 Å². The second-order valence-electron chi connectivity index (χ2n) is 7.50. The van der Waals surface area contributed by atoms with Gasteiger partial charge in [-0.25, -0.2) is 0 Å². The molecule has 2 heterocycles. The van der Waals surface area contributed by atoms with Crippen LogP contribution < -0.4 is 9.47 Å². The Kier molecular flexibility index (Phi) is 6.01. The number of ether oxygens (including phenoxy) is 4. The highest BCUT2D eigenvalue weighted by Crippen LogP contribution is 2.27. The van der Waals surface area contributed by atoms with Crippen molar-refractivity contribution >= 4 is 11.8 Å². The Morgan fingerprint density at radius 3 is 1.16 bits per heavy atom. The number of benzene rings is 3.